The van der Waals surface area contributed by atoms with E-state index in [9.17, 15) is 13.6 Å². The van der Waals surface area contributed by atoms with Crippen LogP contribution in [0.5, 0.6) is 5.75 Å². The molecule has 4 N–H and O–H groups in total. The van der Waals surface area contributed by atoms with Crippen molar-refractivity contribution < 1.29 is 23.0 Å². The average Bonchev–Trinajstić information content (AvgIpc) is 3.07. The summed E-state index contributed by atoms with van der Waals surface area (Å²) in [5.74, 6) is -0.332. The highest BCUT2D eigenvalue weighted by molar-refractivity contribution is 5.83. The normalized spacial score (nSPS) is 13.8. The van der Waals surface area contributed by atoms with Crippen molar-refractivity contribution in [2.24, 2.45) is 11.5 Å². The number of halogens is 2. The number of rotatable bonds is 7. The maximum absolute atomic E-state index is 12.3. The molecule has 3 aromatic rings. The fourth-order valence-corrected chi connectivity index (χ4v) is 3.14. The molecular weight excluding hydrogens is 386 g/mol. The van der Waals surface area contributed by atoms with Gasteiger partial charge in [-0.1, -0.05) is 0 Å². The highest BCUT2D eigenvalue weighted by Gasteiger charge is 2.23. The van der Waals surface area contributed by atoms with Crippen LogP contribution in [0.4, 0.5) is 8.78 Å². The number of carbonyl (C=O) groups is 1. The van der Waals surface area contributed by atoms with E-state index in [0.29, 0.717) is 28.4 Å². The van der Waals surface area contributed by atoms with Gasteiger partial charge < -0.3 is 15.2 Å². The lowest BCUT2D eigenvalue weighted by molar-refractivity contribution is -0.162. The molecule has 0 aliphatic heterocycles. The molecule has 2 unspecified atom stereocenters. The molecule has 3 rings (SSSR count). The van der Waals surface area contributed by atoms with Crippen LogP contribution >= 0.6 is 0 Å². The standard InChI is InChI=1S/C18H22F2N6O3/c1-8-6-10(28-3)7-12-14(8)23-15(17-25-24-9(2)26(12)17)11(21)4-5-13(22)29-18(27)16(19)20/h6-7,11,13,16H,4-5,21-22H2,1-3H3. The second-order valence-electron chi connectivity index (χ2n) is 6.68. The summed E-state index contributed by atoms with van der Waals surface area (Å²) in [6.45, 7) is 3.71. The van der Waals surface area contributed by atoms with E-state index in [1.807, 2.05) is 30.4 Å². The Balaban J connectivity index is 1.94. The summed E-state index contributed by atoms with van der Waals surface area (Å²) >= 11 is 0. The monoisotopic (exact) mass is 408 g/mol. The second-order valence-corrected chi connectivity index (χ2v) is 6.68. The molecule has 0 saturated heterocycles. The average molecular weight is 408 g/mol. The lowest BCUT2D eigenvalue weighted by atomic mass is 10.1. The first-order valence-electron chi connectivity index (χ1n) is 8.92. The Morgan fingerprint density at radius 3 is 2.59 bits per heavy atom. The molecule has 11 heteroatoms. The number of ether oxygens (including phenoxy) is 2. The van der Waals surface area contributed by atoms with E-state index >= 15 is 0 Å². The zero-order valence-corrected chi connectivity index (χ0v) is 16.2. The predicted octanol–water partition coefficient (Wildman–Crippen LogP) is 1.78. The van der Waals surface area contributed by atoms with Gasteiger partial charge in [0.15, 0.2) is 11.9 Å². The molecule has 0 aliphatic carbocycles. The maximum Gasteiger partial charge on any atom is 0.375 e. The van der Waals surface area contributed by atoms with Gasteiger partial charge in [0.1, 0.15) is 17.3 Å². The number of aromatic nitrogens is 4. The van der Waals surface area contributed by atoms with Gasteiger partial charge in [-0.25, -0.2) is 9.78 Å². The van der Waals surface area contributed by atoms with Gasteiger partial charge in [0.2, 0.25) is 0 Å². The lowest BCUT2D eigenvalue weighted by Gasteiger charge is -2.17. The van der Waals surface area contributed by atoms with E-state index in [1.165, 1.54) is 0 Å². The number of aryl methyl sites for hydroxylation is 2. The van der Waals surface area contributed by atoms with Crippen molar-refractivity contribution in [2.75, 3.05) is 7.11 Å². The highest BCUT2D eigenvalue weighted by atomic mass is 19.3. The predicted molar refractivity (Wildman–Crippen MR) is 101 cm³/mol. The molecular formula is C18H22F2N6O3. The van der Waals surface area contributed by atoms with Gasteiger partial charge >= 0.3 is 12.4 Å². The molecule has 29 heavy (non-hydrogen) atoms. The van der Waals surface area contributed by atoms with Gasteiger partial charge in [-0.3, -0.25) is 10.1 Å². The van der Waals surface area contributed by atoms with Crippen LogP contribution in [-0.4, -0.2) is 45.3 Å². The summed E-state index contributed by atoms with van der Waals surface area (Å²) in [5, 5.41) is 8.31. The number of nitrogens with zero attached hydrogens (tertiary/aromatic N) is 4. The third kappa shape index (κ3) is 4.10. The van der Waals surface area contributed by atoms with Gasteiger partial charge in [-0.2, -0.15) is 8.78 Å². The fourth-order valence-electron chi connectivity index (χ4n) is 3.14. The molecule has 2 heterocycles. The van der Waals surface area contributed by atoms with Crippen molar-refractivity contribution >= 4 is 22.6 Å². The van der Waals surface area contributed by atoms with Crippen LogP contribution in [0.25, 0.3) is 16.7 Å². The molecule has 0 amide bonds. The number of nitrogens with two attached hydrogens (primary N) is 2. The van der Waals surface area contributed by atoms with Crippen LogP contribution in [0.1, 0.15) is 36.0 Å². The van der Waals surface area contributed by atoms with Gasteiger partial charge in [-0.15, -0.1) is 10.2 Å². The maximum atomic E-state index is 12.3. The lowest BCUT2D eigenvalue weighted by Crippen LogP contribution is -2.31. The Labute approximate surface area is 165 Å². The summed E-state index contributed by atoms with van der Waals surface area (Å²) in [7, 11) is 1.58. The van der Waals surface area contributed by atoms with Gasteiger partial charge in [0, 0.05) is 6.07 Å². The van der Waals surface area contributed by atoms with Crippen molar-refractivity contribution in [3.63, 3.8) is 0 Å². The van der Waals surface area contributed by atoms with E-state index in [0.717, 1.165) is 11.1 Å². The van der Waals surface area contributed by atoms with Gasteiger partial charge in [0.25, 0.3) is 0 Å². The molecule has 1 aromatic carbocycles. The Morgan fingerprint density at radius 2 is 1.93 bits per heavy atom. The molecule has 2 aromatic heterocycles. The van der Waals surface area contributed by atoms with Crippen LogP contribution in [0.15, 0.2) is 12.1 Å². The van der Waals surface area contributed by atoms with Crippen LogP contribution in [0.3, 0.4) is 0 Å². The molecule has 2 atom stereocenters. The van der Waals surface area contributed by atoms with Crippen molar-refractivity contribution in [3.8, 4) is 5.75 Å². The summed E-state index contributed by atoms with van der Waals surface area (Å²) in [6.07, 6.45) is -4.09. The number of methoxy groups -OCH3 is 1. The Kier molecular flexibility index (Phi) is 5.89. The number of benzene rings is 1. The van der Waals surface area contributed by atoms with Crippen LogP contribution in [0, 0.1) is 13.8 Å². The Hall–Kier alpha value is -2.92. The summed E-state index contributed by atoms with van der Waals surface area (Å²) in [4.78, 5) is 15.6. The van der Waals surface area contributed by atoms with Crippen molar-refractivity contribution in [1.29, 1.82) is 0 Å². The third-order valence-corrected chi connectivity index (χ3v) is 4.58. The number of alkyl halides is 2. The molecule has 0 spiro atoms. The van der Waals surface area contributed by atoms with E-state index in [-0.39, 0.29) is 12.8 Å². The number of hydrogen-bond donors (Lipinski definition) is 2. The minimum atomic E-state index is -3.23. The van der Waals surface area contributed by atoms with Gasteiger partial charge in [-0.05, 0) is 38.3 Å². The summed E-state index contributed by atoms with van der Waals surface area (Å²) < 4.78 is 36.2. The van der Waals surface area contributed by atoms with Crippen molar-refractivity contribution in [1.82, 2.24) is 19.6 Å². The smallest absolute Gasteiger partial charge is 0.375 e. The van der Waals surface area contributed by atoms with E-state index < -0.39 is 24.7 Å². The first kappa shape index (κ1) is 20.8. The largest absolute Gasteiger partial charge is 0.497 e. The SMILES string of the molecule is COc1cc(C)c2nc(C(N)CCC(N)OC(=O)C(F)F)c3nnc(C)n3c2c1. The molecule has 0 bridgehead atoms. The summed E-state index contributed by atoms with van der Waals surface area (Å²) in [5.41, 5.74) is 15.2. The second kappa shape index (κ2) is 8.21. The first-order chi connectivity index (χ1) is 13.7. The van der Waals surface area contributed by atoms with E-state index in [4.69, 9.17) is 16.2 Å². The van der Waals surface area contributed by atoms with Crippen LogP contribution in [0.2, 0.25) is 0 Å². The Bertz CT molecular complexity index is 1060. The molecule has 9 nitrogen and oxygen atoms in total. The van der Waals surface area contributed by atoms with Crippen LogP contribution < -0.4 is 16.2 Å². The van der Waals surface area contributed by atoms with Gasteiger partial charge in [0.05, 0.1) is 24.2 Å². The highest BCUT2D eigenvalue weighted by Crippen LogP contribution is 2.29. The molecule has 0 fully saturated rings. The van der Waals surface area contributed by atoms with Crippen molar-refractivity contribution in [3.05, 3.63) is 29.2 Å². The van der Waals surface area contributed by atoms with Crippen LogP contribution in [-0.2, 0) is 9.53 Å². The zero-order valence-electron chi connectivity index (χ0n) is 16.2. The molecule has 156 valence electrons. The number of fused-ring (bicyclic) bond motifs is 3. The van der Waals surface area contributed by atoms with E-state index in [2.05, 4.69) is 19.9 Å². The minimum Gasteiger partial charge on any atom is -0.497 e. The molecule has 0 aliphatic rings. The minimum absolute atomic E-state index is 0.0835. The van der Waals surface area contributed by atoms with E-state index in [1.54, 1.807) is 7.11 Å². The Morgan fingerprint density at radius 1 is 1.21 bits per heavy atom. The number of esters is 1. The zero-order chi connectivity index (χ0) is 21.3. The van der Waals surface area contributed by atoms with Crippen molar-refractivity contribution in [2.45, 2.75) is 45.4 Å². The third-order valence-electron chi connectivity index (χ3n) is 4.58. The topological polar surface area (TPSA) is 131 Å². The fraction of sp³-hybridized carbons (Fsp3) is 0.444. The molecule has 0 radical (unpaired) electrons. The number of hydrogen-bond acceptors (Lipinski definition) is 8. The summed E-state index contributed by atoms with van der Waals surface area (Å²) in [6, 6.07) is 3.08. The quantitative estimate of drug-likeness (QED) is 0.447. The number of carbonyl (C=O) groups excluding carboxylic acids is 1. The molecule has 0 saturated carbocycles. The first-order valence-corrected chi connectivity index (χ1v) is 8.92.